The lowest BCUT2D eigenvalue weighted by Gasteiger charge is -2.22. The highest BCUT2D eigenvalue weighted by Gasteiger charge is 2.32. The topological polar surface area (TPSA) is 81.2 Å². The Morgan fingerprint density at radius 2 is 1.95 bits per heavy atom. The Kier molecular flexibility index (Phi) is 3.97. The predicted octanol–water partition coefficient (Wildman–Crippen LogP) is 3.39. The van der Waals surface area contributed by atoms with Gasteiger partial charge in [0.15, 0.2) is 10.5 Å². The summed E-state index contributed by atoms with van der Waals surface area (Å²) in [5, 5.41) is 6.83. The summed E-state index contributed by atoms with van der Waals surface area (Å²) in [4.78, 5) is 16.6. The van der Waals surface area contributed by atoms with Crippen molar-refractivity contribution in [3.8, 4) is 0 Å². The van der Waals surface area contributed by atoms with E-state index in [1.165, 1.54) is 6.26 Å². The molecule has 0 aromatic carbocycles. The maximum absolute atomic E-state index is 12.2. The van der Waals surface area contributed by atoms with Gasteiger partial charge < -0.3 is 14.3 Å². The summed E-state index contributed by atoms with van der Waals surface area (Å²) in [5.74, 6) is 0.700. The molecule has 0 aliphatic carbocycles. The monoisotopic (exact) mass is 355 g/mol. The van der Waals surface area contributed by atoms with Gasteiger partial charge in [0.05, 0.1) is 11.1 Å². The highest BCUT2D eigenvalue weighted by atomic mass is 79.9. The first kappa shape index (κ1) is 15.8. The zero-order valence-electron chi connectivity index (χ0n) is 12.7. The fourth-order valence-corrected chi connectivity index (χ4v) is 1.96. The zero-order chi connectivity index (χ0) is 15.8. The predicted molar refractivity (Wildman–Crippen MR) is 79.9 cm³/mol. The molecule has 1 N–H and O–H groups in total. The van der Waals surface area contributed by atoms with E-state index >= 15 is 0 Å². The summed E-state index contributed by atoms with van der Waals surface area (Å²) >= 11 is 3.16. The van der Waals surface area contributed by atoms with E-state index in [9.17, 15) is 4.79 Å². The van der Waals surface area contributed by atoms with E-state index in [0.717, 1.165) is 0 Å². The molecule has 0 bridgehead atoms. The minimum atomic E-state index is -0.756. The average molecular weight is 356 g/mol. The van der Waals surface area contributed by atoms with Crippen LogP contribution < -0.4 is 5.32 Å². The fourth-order valence-electron chi connectivity index (χ4n) is 1.62. The normalized spacial score (nSPS) is 12.5. The van der Waals surface area contributed by atoms with Gasteiger partial charge in [0.25, 0.3) is 5.91 Å². The number of nitrogens with zero attached hydrogens (tertiary/aromatic N) is 2. The van der Waals surface area contributed by atoms with Crippen LogP contribution in [0.3, 0.4) is 0 Å². The molecule has 0 spiro atoms. The Bertz CT molecular complexity index is 652. The number of carbonyl (C=O) groups is 1. The molecule has 0 fully saturated rings. The number of halogens is 1. The zero-order valence-corrected chi connectivity index (χ0v) is 14.2. The molecule has 0 aliphatic rings. The smallest absolute Gasteiger partial charge is 0.255 e. The van der Waals surface area contributed by atoms with Crippen LogP contribution in [-0.2, 0) is 11.0 Å². The third-order valence-corrected chi connectivity index (χ3v) is 3.30. The Balaban J connectivity index is 2.18. The molecule has 0 unspecified atom stereocenters. The van der Waals surface area contributed by atoms with Crippen LogP contribution >= 0.6 is 15.9 Å². The van der Waals surface area contributed by atoms with Crippen LogP contribution in [0.4, 0.5) is 0 Å². The van der Waals surface area contributed by atoms with Gasteiger partial charge in [0.1, 0.15) is 6.26 Å². The molecule has 2 aromatic rings. The van der Waals surface area contributed by atoms with E-state index in [4.69, 9.17) is 8.94 Å². The molecule has 2 heterocycles. The molecule has 0 aliphatic heterocycles. The van der Waals surface area contributed by atoms with E-state index < -0.39 is 5.54 Å². The van der Waals surface area contributed by atoms with Crippen molar-refractivity contribution in [1.82, 2.24) is 15.5 Å². The Morgan fingerprint density at radius 1 is 1.29 bits per heavy atom. The first-order valence-corrected chi connectivity index (χ1v) is 7.30. The summed E-state index contributed by atoms with van der Waals surface area (Å²) < 4.78 is 10.8. The van der Waals surface area contributed by atoms with Gasteiger partial charge in [0, 0.05) is 11.5 Å². The van der Waals surface area contributed by atoms with Crippen molar-refractivity contribution in [1.29, 1.82) is 0 Å². The van der Waals surface area contributed by atoms with E-state index in [2.05, 4.69) is 31.4 Å². The van der Waals surface area contributed by atoms with Gasteiger partial charge >= 0.3 is 0 Å². The number of hydrogen-bond donors (Lipinski definition) is 1. The van der Waals surface area contributed by atoms with E-state index in [1.807, 2.05) is 34.6 Å². The molecule has 0 saturated carbocycles. The molecule has 1 amide bonds. The summed E-state index contributed by atoms with van der Waals surface area (Å²) in [5.41, 5.74) is -0.566. The lowest BCUT2D eigenvalue weighted by molar-refractivity contribution is 0.0906. The van der Waals surface area contributed by atoms with Crippen LogP contribution in [-0.4, -0.2) is 16.0 Å². The number of nitrogens with one attached hydrogen (secondary N) is 1. The van der Waals surface area contributed by atoms with Crippen LogP contribution in [0.2, 0.25) is 0 Å². The fraction of sp³-hybridized carbons (Fsp3) is 0.500. The highest BCUT2D eigenvalue weighted by molar-refractivity contribution is 9.10. The van der Waals surface area contributed by atoms with E-state index in [-0.39, 0.29) is 11.3 Å². The third-order valence-electron chi connectivity index (χ3n) is 2.88. The summed E-state index contributed by atoms with van der Waals surface area (Å²) in [6.45, 7) is 9.59. The second-order valence-corrected chi connectivity index (χ2v) is 7.17. The molecule has 0 saturated heterocycles. The Morgan fingerprint density at radius 3 is 2.43 bits per heavy atom. The molecule has 0 radical (unpaired) electrons. The Labute approximate surface area is 131 Å². The standard InChI is InChI=1S/C14H18BrN3O3/c1-13(2,3)12-16-11(18-21-12)14(4,5)17-10(19)8-6-9(15)20-7-8/h6-7H,1-5H3,(H,17,19). The van der Waals surface area contributed by atoms with Crippen LogP contribution in [0, 0.1) is 0 Å². The van der Waals surface area contributed by atoms with Gasteiger partial charge in [-0.05, 0) is 29.8 Å². The van der Waals surface area contributed by atoms with Crippen LogP contribution in [0.15, 0.2) is 25.9 Å². The van der Waals surface area contributed by atoms with E-state index in [0.29, 0.717) is 21.9 Å². The molecule has 2 aromatic heterocycles. The highest BCUT2D eigenvalue weighted by Crippen LogP contribution is 2.24. The summed E-state index contributed by atoms with van der Waals surface area (Å²) in [6.07, 6.45) is 1.38. The van der Waals surface area contributed by atoms with Crippen molar-refractivity contribution in [2.45, 2.75) is 45.6 Å². The van der Waals surface area contributed by atoms with Gasteiger partial charge in [0.2, 0.25) is 5.89 Å². The van der Waals surface area contributed by atoms with Gasteiger partial charge in [-0.15, -0.1) is 0 Å². The van der Waals surface area contributed by atoms with Crippen molar-refractivity contribution in [2.24, 2.45) is 0 Å². The molecule has 6 nitrogen and oxygen atoms in total. The second kappa shape index (κ2) is 5.29. The largest absolute Gasteiger partial charge is 0.457 e. The number of carbonyl (C=O) groups excluding carboxylic acids is 1. The van der Waals surface area contributed by atoms with Crippen molar-refractivity contribution in [3.05, 3.63) is 34.3 Å². The summed E-state index contributed by atoms with van der Waals surface area (Å²) in [6, 6.07) is 1.60. The maximum Gasteiger partial charge on any atom is 0.255 e. The van der Waals surface area contributed by atoms with E-state index in [1.54, 1.807) is 6.07 Å². The lowest BCUT2D eigenvalue weighted by atomic mass is 9.97. The Hall–Kier alpha value is -1.63. The average Bonchev–Trinajstić information content (AvgIpc) is 2.95. The first-order valence-electron chi connectivity index (χ1n) is 6.51. The maximum atomic E-state index is 12.2. The van der Waals surface area contributed by atoms with Crippen LogP contribution in [0.25, 0.3) is 0 Å². The van der Waals surface area contributed by atoms with Crippen LogP contribution in [0.1, 0.15) is 56.7 Å². The number of aromatic nitrogens is 2. The van der Waals surface area contributed by atoms with Gasteiger partial charge in [-0.3, -0.25) is 4.79 Å². The molecular weight excluding hydrogens is 338 g/mol. The molecule has 114 valence electrons. The van der Waals surface area contributed by atoms with Crippen LogP contribution in [0.5, 0.6) is 0 Å². The van der Waals surface area contributed by atoms with Gasteiger partial charge in [-0.1, -0.05) is 25.9 Å². The molecule has 2 rings (SSSR count). The number of rotatable bonds is 3. The third kappa shape index (κ3) is 3.53. The van der Waals surface area contributed by atoms with Crippen molar-refractivity contribution in [3.63, 3.8) is 0 Å². The molecule has 7 heteroatoms. The minimum absolute atomic E-state index is 0.235. The lowest BCUT2D eigenvalue weighted by Crippen LogP contribution is -2.41. The SMILES string of the molecule is CC(C)(C)c1nc(C(C)(C)NC(=O)c2coc(Br)c2)no1. The minimum Gasteiger partial charge on any atom is -0.457 e. The molecule has 21 heavy (non-hydrogen) atoms. The van der Waals surface area contributed by atoms with Crippen molar-refractivity contribution in [2.75, 3.05) is 0 Å². The quantitative estimate of drug-likeness (QED) is 0.912. The summed E-state index contributed by atoms with van der Waals surface area (Å²) in [7, 11) is 0. The second-order valence-electron chi connectivity index (χ2n) is 6.39. The number of furan rings is 1. The number of amides is 1. The first-order chi connectivity index (χ1) is 9.59. The number of hydrogen-bond acceptors (Lipinski definition) is 5. The molecular formula is C14H18BrN3O3. The van der Waals surface area contributed by atoms with Crippen molar-refractivity contribution < 1.29 is 13.7 Å². The molecule has 0 atom stereocenters. The van der Waals surface area contributed by atoms with Gasteiger partial charge in [-0.25, -0.2) is 0 Å². The van der Waals surface area contributed by atoms with Crippen molar-refractivity contribution >= 4 is 21.8 Å². The van der Waals surface area contributed by atoms with Gasteiger partial charge in [-0.2, -0.15) is 4.98 Å².